The van der Waals surface area contributed by atoms with Crippen molar-refractivity contribution < 1.29 is 27.8 Å². The van der Waals surface area contributed by atoms with E-state index in [0.29, 0.717) is 18.8 Å². The number of nitrogens with zero attached hydrogens (tertiary/aromatic N) is 4. The van der Waals surface area contributed by atoms with Gasteiger partial charge in [0.25, 0.3) is 0 Å². The van der Waals surface area contributed by atoms with Crippen LogP contribution in [-0.2, 0) is 11.0 Å². The molecule has 0 saturated heterocycles. The maximum Gasteiger partial charge on any atom is 0.416 e. The Morgan fingerprint density at radius 2 is 1.52 bits per heavy atom. The molecule has 1 N–H and O–H groups in total. The van der Waals surface area contributed by atoms with E-state index in [-0.39, 0.29) is 31.0 Å². The first-order valence-corrected chi connectivity index (χ1v) is 9.90. The van der Waals surface area contributed by atoms with Crippen molar-refractivity contribution in [1.82, 2.24) is 4.90 Å². The zero-order valence-corrected chi connectivity index (χ0v) is 17.8. The van der Waals surface area contributed by atoms with E-state index in [2.05, 4.69) is 5.43 Å². The number of hydrogen-bond donors (Lipinski definition) is 1. The summed E-state index contributed by atoms with van der Waals surface area (Å²) < 4.78 is 39.5. The lowest BCUT2D eigenvalue weighted by Gasteiger charge is -2.27. The topological polar surface area (TPSA) is 122 Å². The molecule has 0 saturated carbocycles. The normalized spacial score (nSPS) is 11.1. The van der Waals surface area contributed by atoms with Crippen molar-refractivity contribution in [2.24, 2.45) is 0 Å². The highest BCUT2D eigenvalue weighted by atomic mass is 19.4. The molecule has 0 spiro atoms. The molecular formula is C20H22F3N5O5. The number of carbonyl (C=O) groups is 1. The minimum Gasteiger partial charge on any atom is -0.343 e. The molecule has 0 bridgehead atoms. The van der Waals surface area contributed by atoms with E-state index in [1.165, 1.54) is 5.01 Å². The summed E-state index contributed by atoms with van der Waals surface area (Å²) >= 11 is 0. The third kappa shape index (κ3) is 6.30. The number of alkyl halides is 3. The number of anilines is 2. The number of amides is 1. The van der Waals surface area contributed by atoms with Gasteiger partial charge in [0.2, 0.25) is 11.6 Å². The van der Waals surface area contributed by atoms with Gasteiger partial charge < -0.3 is 4.90 Å². The fourth-order valence-electron chi connectivity index (χ4n) is 3.11. The van der Waals surface area contributed by atoms with Crippen LogP contribution in [0.4, 0.5) is 35.9 Å². The van der Waals surface area contributed by atoms with E-state index < -0.39 is 38.6 Å². The molecule has 0 unspecified atom stereocenters. The van der Waals surface area contributed by atoms with Gasteiger partial charge in [-0.15, -0.1) is 0 Å². The van der Waals surface area contributed by atoms with Crippen molar-refractivity contribution in [3.63, 3.8) is 0 Å². The van der Waals surface area contributed by atoms with Crippen LogP contribution in [0, 0.1) is 20.2 Å². The zero-order chi connectivity index (χ0) is 24.8. The van der Waals surface area contributed by atoms with E-state index in [0.717, 1.165) is 0 Å². The molecule has 33 heavy (non-hydrogen) atoms. The summed E-state index contributed by atoms with van der Waals surface area (Å²) in [6, 6.07) is 8.58. The number of nitro benzene ring substituents is 2. The number of para-hydroxylation sites is 1. The predicted octanol–water partition coefficient (Wildman–Crippen LogP) is 4.61. The molecule has 0 fully saturated rings. The van der Waals surface area contributed by atoms with Gasteiger partial charge in [-0.25, -0.2) is 0 Å². The van der Waals surface area contributed by atoms with E-state index in [9.17, 15) is 38.2 Å². The second-order valence-corrected chi connectivity index (χ2v) is 6.82. The summed E-state index contributed by atoms with van der Waals surface area (Å²) in [5.41, 5.74) is -1.57. The Morgan fingerprint density at radius 1 is 1.00 bits per heavy atom. The first-order valence-electron chi connectivity index (χ1n) is 9.90. The number of rotatable bonds is 10. The highest BCUT2D eigenvalue weighted by Crippen LogP contribution is 2.41. The third-order valence-electron chi connectivity index (χ3n) is 4.80. The minimum atomic E-state index is -5.02. The van der Waals surface area contributed by atoms with Crippen molar-refractivity contribution in [2.45, 2.75) is 26.4 Å². The molecule has 0 aliphatic rings. The van der Waals surface area contributed by atoms with Gasteiger partial charge in [0.05, 0.1) is 21.1 Å². The fraction of sp³-hybridized carbons (Fsp3) is 0.350. The van der Waals surface area contributed by atoms with E-state index in [4.69, 9.17) is 0 Å². The summed E-state index contributed by atoms with van der Waals surface area (Å²) in [7, 11) is 0. The summed E-state index contributed by atoms with van der Waals surface area (Å²) in [4.78, 5) is 34.8. The highest BCUT2D eigenvalue weighted by Gasteiger charge is 2.38. The zero-order valence-electron chi connectivity index (χ0n) is 17.8. The van der Waals surface area contributed by atoms with Crippen LogP contribution in [0.25, 0.3) is 0 Å². The van der Waals surface area contributed by atoms with Gasteiger partial charge in [0.1, 0.15) is 0 Å². The third-order valence-corrected chi connectivity index (χ3v) is 4.80. The predicted molar refractivity (Wildman–Crippen MR) is 115 cm³/mol. The lowest BCUT2D eigenvalue weighted by atomic mass is 10.1. The van der Waals surface area contributed by atoms with Crippen LogP contribution < -0.4 is 10.4 Å². The van der Waals surface area contributed by atoms with Crippen molar-refractivity contribution in [2.75, 3.05) is 30.1 Å². The molecule has 0 aromatic heterocycles. The quantitative estimate of drug-likeness (QED) is 0.398. The number of nitro groups is 2. The van der Waals surface area contributed by atoms with Crippen LogP contribution in [0.3, 0.4) is 0 Å². The van der Waals surface area contributed by atoms with Gasteiger partial charge in [-0.2, -0.15) is 13.2 Å². The van der Waals surface area contributed by atoms with Crippen LogP contribution >= 0.6 is 0 Å². The average molecular weight is 469 g/mol. The van der Waals surface area contributed by atoms with Crippen molar-refractivity contribution >= 4 is 28.7 Å². The monoisotopic (exact) mass is 469 g/mol. The molecule has 0 aliphatic heterocycles. The number of carbonyl (C=O) groups excluding carboxylic acids is 1. The van der Waals surface area contributed by atoms with E-state index in [1.54, 1.807) is 49.1 Å². The lowest BCUT2D eigenvalue weighted by molar-refractivity contribution is -0.392. The number of hydrazine groups is 1. The van der Waals surface area contributed by atoms with Crippen LogP contribution in [0.2, 0.25) is 0 Å². The molecule has 10 nitrogen and oxygen atoms in total. The molecule has 2 aromatic rings. The standard InChI is InChI=1S/C20H22F3N5O5/c1-3-25(4-2)18(29)10-11-26(15-8-6-5-7-9-15)24-19-16(27(30)31)12-14(20(21,22)23)13-17(19)28(32)33/h5-9,12-13,24H,3-4,10-11H2,1-2H3. The Morgan fingerprint density at radius 3 is 1.94 bits per heavy atom. The number of nitrogens with one attached hydrogen (secondary N) is 1. The van der Waals surface area contributed by atoms with Gasteiger partial charge in [-0.3, -0.25) is 35.5 Å². The molecule has 178 valence electrons. The SMILES string of the molecule is CCN(CC)C(=O)CCN(Nc1c([N+](=O)[O-])cc(C(F)(F)F)cc1[N+](=O)[O-])c1ccccc1. The van der Waals surface area contributed by atoms with Crippen LogP contribution in [0.1, 0.15) is 25.8 Å². The molecule has 13 heteroatoms. The van der Waals surface area contributed by atoms with Crippen molar-refractivity contribution in [3.05, 3.63) is 68.3 Å². The second-order valence-electron chi connectivity index (χ2n) is 6.82. The highest BCUT2D eigenvalue weighted by molar-refractivity contribution is 5.79. The first-order chi connectivity index (χ1) is 15.5. The van der Waals surface area contributed by atoms with Crippen molar-refractivity contribution in [3.8, 4) is 0 Å². The van der Waals surface area contributed by atoms with Crippen molar-refractivity contribution in [1.29, 1.82) is 0 Å². The van der Waals surface area contributed by atoms with Gasteiger partial charge in [-0.05, 0) is 26.0 Å². The Balaban J connectivity index is 2.53. The Labute approximate surface area is 186 Å². The lowest BCUT2D eigenvalue weighted by Crippen LogP contribution is -2.37. The average Bonchev–Trinajstić information content (AvgIpc) is 2.76. The molecule has 0 radical (unpaired) electrons. The maximum absolute atomic E-state index is 13.2. The van der Waals surface area contributed by atoms with E-state index in [1.807, 2.05) is 0 Å². The molecule has 0 aliphatic carbocycles. The summed E-state index contributed by atoms with van der Waals surface area (Å²) in [6.45, 7) is 4.45. The summed E-state index contributed by atoms with van der Waals surface area (Å²) in [5.74, 6) is -0.223. The smallest absolute Gasteiger partial charge is 0.343 e. The largest absolute Gasteiger partial charge is 0.416 e. The molecule has 0 atom stereocenters. The first kappa shape index (κ1) is 25.4. The van der Waals surface area contributed by atoms with Gasteiger partial charge in [0, 0.05) is 38.2 Å². The Bertz CT molecular complexity index is 978. The van der Waals surface area contributed by atoms with Crippen LogP contribution in [-0.4, -0.2) is 40.3 Å². The number of halogens is 3. The van der Waals surface area contributed by atoms with Crippen LogP contribution in [0.15, 0.2) is 42.5 Å². The molecule has 2 rings (SSSR count). The number of benzene rings is 2. The molecule has 1 amide bonds. The molecule has 2 aromatic carbocycles. The fourth-order valence-corrected chi connectivity index (χ4v) is 3.11. The Hall–Kier alpha value is -3.90. The molecule has 0 heterocycles. The second kappa shape index (κ2) is 10.6. The minimum absolute atomic E-state index is 0.0498. The van der Waals surface area contributed by atoms with Gasteiger partial charge >= 0.3 is 17.6 Å². The van der Waals surface area contributed by atoms with E-state index >= 15 is 0 Å². The number of hydrogen-bond acceptors (Lipinski definition) is 7. The molecular weight excluding hydrogens is 447 g/mol. The van der Waals surface area contributed by atoms with Crippen LogP contribution in [0.5, 0.6) is 0 Å². The maximum atomic E-state index is 13.2. The van der Waals surface area contributed by atoms with Gasteiger partial charge in [-0.1, -0.05) is 18.2 Å². The Kier molecular flexibility index (Phi) is 8.16. The van der Waals surface area contributed by atoms with Gasteiger partial charge in [0.15, 0.2) is 0 Å². The summed E-state index contributed by atoms with van der Waals surface area (Å²) in [5, 5.41) is 24.3. The summed E-state index contributed by atoms with van der Waals surface area (Å²) in [6.07, 6.45) is -5.07.